The Morgan fingerprint density at radius 2 is 2.15 bits per heavy atom. The van der Waals surface area contributed by atoms with Gasteiger partial charge in [0, 0.05) is 12.2 Å². The second-order valence-electron chi connectivity index (χ2n) is 6.11. The number of nitrogens with zero attached hydrogens (tertiary/aromatic N) is 1. The smallest absolute Gasteiger partial charge is 0.257 e. The summed E-state index contributed by atoms with van der Waals surface area (Å²) >= 11 is 7.48. The van der Waals surface area contributed by atoms with E-state index in [4.69, 9.17) is 11.6 Å². The Bertz CT molecular complexity index is 931. The molecule has 1 aliphatic rings. The van der Waals surface area contributed by atoms with Crippen LogP contribution in [0.5, 0.6) is 0 Å². The first-order valence-electron chi connectivity index (χ1n) is 8.61. The van der Waals surface area contributed by atoms with Crippen molar-refractivity contribution in [1.82, 2.24) is 9.97 Å². The number of nitrogens with one attached hydrogen (secondary N) is 3. The predicted octanol–water partition coefficient (Wildman–Crippen LogP) is 3.38. The molecule has 1 aromatic carbocycles. The van der Waals surface area contributed by atoms with Crippen LogP contribution in [-0.2, 0) is 9.59 Å². The number of rotatable bonds is 6. The van der Waals surface area contributed by atoms with Crippen LogP contribution in [-0.4, -0.2) is 27.5 Å². The fourth-order valence-corrected chi connectivity index (χ4v) is 3.87. The molecule has 3 rings (SSSR count). The van der Waals surface area contributed by atoms with E-state index in [9.17, 15) is 14.4 Å². The van der Waals surface area contributed by atoms with Crippen molar-refractivity contribution in [1.29, 1.82) is 0 Å². The molecule has 27 heavy (non-hydrogen) atoms. The molecule has 2 heterocycles. The lowest BCUT2D eigenvalue weighted by Gasteiger charge is -2.23. The zero-order valence-corrected chi connectivity index (χ0v) is 16.2. The van der Waals surface area contributed by atoms with Gasteiger partial charge >= 0.3 is 0 Å². The monoisotopic (exact) mass is 406 g/mol. The number of amides is 2. The van der Waals surface area contributed by atoms with E-state index in [1.165, 1.54) is 11.8 Å². The molecule has 0 aliphatic carbocycles. The summed E-state index contributed by atoms with van der Waals surface area (Å²) < 4.78 is 0. The van der Waals surface area contributed by atoms with Gasteiger partial charge in [-0.1, -0.05) is 48.8 Å². The fourth-order valence-electron chi connectivity index (χ4n) is 2.74. The van der Waals surface area contributed by atoms with Crippen LogP contribution < -0.4 is 16.2 Å². The highest BCUT2D eigenvalue weighted by molar-refractivity contribution is 7.99. The third-order valence-corrected chi connectivity index (χ3v) is 5.40. The van der Waals surface area contributed by atoms with Crippen molar-refractivity contribution in [2.24, 2.45) is 0 Å². The van der Waals surface area contributed by atoms with Crippen molar-refractivity contribution in [3.63, 3.8) is 0 Å². The second kappa shape index (κ2) is 8.58. The number of carbonyl (C=O) groups excluding carboxylic acids is 2. The maximum atomic E-state index is 12.7. The number of hydrogen-bond donors (Lipinski definition) is 3. The number of carbonyl (C=O) groups is 2. The summed E-state index contributed by atoms with van der Waals surface area (Å²) in [5.74, 6) is -0.811. The van der Waals surface area contributed by atoms with Crippen molar-refractivity contribution in [3.8, 4) is 0 Å². The van der Waals surface area contributed by atoms with Gasteiger partial charge in [0.15, 0.2) is 5.16 Å². The van der Waals surface area contributed by atoms with Crippen LogP contribution in [0, 0.1) is 0 Å². The van der Waals surface area contributed by atoms with Gasteiger partial charge in [0.05, 0.1) is 22.2 Å². The molecule has 2 aromatic rings. The first kappa shape index (κ1) is 19.4. The molecule has 0 bridgehead atoms. The van der Waals surface area contributed by atoms with Crippen molar-refractivity contribution < 1.29 is 9.59 Å². The quantitative estimate of drug-likeness (QED) is 0.387. The molecule has 2 amide bonds. The van der Waals surface area contributed by atoms with Crippen molar-refractivity contribution in [2.75, 3.05) is 16.4 Å². The Labute approximate surface area is 165 Å². The summed E-state index contributed by atoms with van der Waals surface area (Å²) in [5.41, 5.74) is 0.171. The van der Waals surface area contributed by atoms with Gasteiger partial charge < -0.3 is 15.6 Å². The topological polar surface area (TPSA) is 104 Å². The van der Waals surface area contributed by atoms with Crippen LogP contribution in [0.4, 0.5) is 11.5 Å². The average molecular weight is 407 g/mol. The van der Waals surface area contributed by atoms with Crippen LogP contribution in [0.1, 0.15) is 37.7 Å². The maximum Gasteiger partial charge on any atom is 0.257 e. The highest BCUT2D eigenvalue weighted by Crippen LogP contribution is 2.31. The van der Waals surface area contributed by atoms with E-state index in [1.54, 1.807) is 24.3 Å². The summed E-state index contributed by atoms with van der Waals surface area (Å²) in [6.07, 6.45) is 1.89. The van der Waals surface area contributed by atoms with Gasteiger partial charge in [-0.05, 0) is 18.6 Å². The van der Waals surface area contributed by atoms with E-state index in [2.05, 4.69) is 27.5 Å². The lowest BCUT2D eigenvalue weighted by atomic mass is 9.92. The molecule has 0 saturated heterocycles. The fraction of sp³-hybridized carbons (Fsp3) is 0.333. The molecular formula is C18H19ClN4O3S. The zero-order chi connectivity index (χ0) is 19.4. The summed E-state index contributed by atoms with van der Waals surface area (Å²) in [7, 11) is 0. The number of hydrogen-bond acceptors (Lipinski definition) is 5. The second-order valence-corrected chi connectivity index (χ2v) is 7.60. The molecule has 142 valence electrons. The molecule has 0 radical (unpaired) electrons. The lowest BCUT2D eigenvalue weighted by Crippen LogP contribution is -2.36. The SMILES string of the molecule is CCCCSc1nc2c(c(=O)[nH]1)C(C(=O)Nc1ccccc1Cl)CC(=O)N2. The Morgan fingerprint density at radius 3 is 2.89 bits per heavy atom. The summed E-state index contributed by atoms with van der Waals surface area (Å²) in [6, 6.07) is 6.78. The average Bonchev–Trinajstić information content (AvgIpc) is 2.62. The molecule has 1 unspecified atom stereocenters. The van der Waals surface area contributed by atoms with Gasteiger partial charge in [-0.2, -0.15) is 0 Å². The number of aromatic nitrogens is 2. The van der Waals surface area contributed by atoms with Crippen LogP contribution in [0.15, 0.2) is 34.2 Å². The molecule has 7 nitrogen and oxygen atoms in total. The first-order valence-corrected chi connectivity index (χ1v) is 9.98. The van der Waals surface area contributed by atoms with E-state index >= 15 is 0 Å². The number of halogens is 1. The van der Waals surface area contributed by atoms with E-state index < -0.39 is 17.4 Å². The van der Waals surface area contributed by atoms with E-state index in [0.29, 0.717) is 15.9 Å². The molecule has 9 heteroatoms. The van der Waals surface area contributed by atoms with Gasteiger partial charge in [-0.15, -0.1) is 0 Å². The van der Waals surface area contributed by atoms with Crippen molar-refractivity contribution >= 4 is 46.7 Å². The van der Waals surface area contributed by atoms with Crippen molar-refractivity contribution in [3.05, 3.63) is 45.2 Å². The van der Waals surface area contributed by atoms with Crippen LogP contribution in [0.25, 0.3) is 0 Å². The van der Waals surface area contributed by atoms with Crippen molar-refractivity contribution in [2.45, 2.75) is 37.3 Å². The van der Waals surface area contributed by atoms with Gasteiger partial charge in [0.25, 0.3) is 5.56 Å². The minimum atomic E-state index is -0.934. The number of anilines is 2. The number of para-hydroxylation sites is 1. The van der Waals surface area contributed by atoms with Crippen LogP contribution in [0.2, 0.25) is 5.02 Å². The molecule has 3 N–H and O–H groups in total. The third kappa shape index (κ3) is 4.51. The highest BCUT2D eigenvalue weighted by Gasteiger charge is 2.34. The van der Waals surface area contributed by atoms with Gasteiger partial charge in [0.1, 0.15) is 5.82 Å². The molecule has 1 atom stereocenters. The van der Waals surface area contributed by atoms with E-state index in [-0.39, 0.29) is 23.7 Å². The number of aromatic amines is 1. The standard InChI is InChI=1S/C18H19ClN4O3S/c1-2-3-8-27-18-22-15-14(17(26)23-18)10(9-13(24)21-15)16(25)20-12-7-5-4-6-11(12)19/h4-7,10H,2-3,8-9H2,1H3,(H,20,25)(H2,21,22,23,24,26). The number of fused-ring (bicyclic) bond motifs is 1. The summed E-state index contributed by atoms with van der Waals surface area (Å²) in [6.45, 7) is 2.08. The Kier molecular flexibility index (Phi) is 6.18. The minimum absolute atomic E-state index is 0.129. The molecule has 1 aliphatic heterocycles. The zero-order valence-electron chi connectivity index (χ0n) is 14.7. The predicted molar refractivity (Wildman–Crippen MR) is 107 cm³/mol. The van der Waals surface area contributed by atoms with Gasteiger partial charge in [-0.25, -0.2) is 4.98 Å². The largest absolute Gasteiger partial charge is 0.324 e. The molecule has 0 spiro atoms. The van der Waals surface area contributed by atoms with Crippen LogP contribution in [0.3, 0.4) is 0 Å². The third-order valence-electron chi connectivity index (χ3n) is 4.11. The number of H-pyrrole nitrogens is 1. The van der Waals surface area contributed by atoms with Gasteiger partial charge in [0.2, 0.25) is 11.8 Å². The molecule has 0 fully saturated rings. The number of thioether (sulfide) groups is 1. The maximum absolute atomic E-state index is 12.7. The van der Waals surface area contributed by atoms with Crippen LogP contribution >= 0.6 is 23.4 Å². The number of benzene rings is 1. The molecular weight excluding hydrogens is 388 g/mol. The molecule has 0 saturated carbocycles. The van der Waals surface area contributed by atoms with Gasteiger partial charge in [-0.3, -0.25) is 14.4 Å². The Balaban J connectivity index is 1.88. The van der Waals surface area contributed by atoms with E-state index in [1.807, 2.05) is 0 Å². The Hall–Kier alpha value is -2.32. The summed E-state index contributed by atoms with van der Waals surface area (Å²) in [4.78, 5) is 44.4. The minimum Gasteiger partial charge on any atom is -0.324 e. The first-order chi connectivity index (χ1) is 13.0. The normalized spacial score (nSPS) is 15.8. The van der Waals surface area contributed by atoms with E-state index in [0.717, 1.165) is 18.6 Å². The number of unbranched alkanes of at least 4 members (excludes halogenated alkanes) is 1. The highest BCUT2D eigenvalue weighted by atomic mass is 35.5. The molecule has 1 aromatic heterocycles. The summed E-state index contributed by atoms with van der Waals surface area (Å²) in [5, 5.41) is 6.10. The lowest BCUT2D eigenvalue weighted by molar-refractivity contribution is -0.123. The Morgan fingerprint density at radius 1 is 1.37 bits per heavy atom.